The van der Waals surface area contributed by atoms with Gasteiger partial charge in [-0.2, -0.15) is 4.99 Å². The quantitative estimate of drug-likeness (QED) is 0.853. The van der Waals surface area contributed by atoms with E-state index < -0.39 is 20.5 Å². The summed E-state index contributed by atoms with van der Waals surface area (Å²) in [7, 11) is -1.98. The van der Waals surface area contributed by atoms with E-state index in [9.17, 15) is 13.2 Å². The number of amides is 1. The third-order valence-corrected chi connectivity index (χ3v) is 7.68. The molecule has 23 heavy (non-hydrogen) atoms. The molecule has 0 spiro atoms. The zero-order valence-electron chi connectivity index (χ0n) is 12.8. The number of nitrogens with zero attached hydrogens (tertiary/aromatic N) is 2. The van der Waals surface area contributed by atoms with Gasteiger partial charge in [-0.1, -0.05) is 31.0 Å². The molecule has 5 nitrogen and oxygen atoms in total. The maximum Gasteiger partial charge on any atom is 0.270 e. The van der Waals surface area contributed by atoms with Gasteiger partial charge < -0.3 is 4.57 Å². The third-order valence-electron chi connectivity index (χ3n) is 4.33. The lowest BCUT2D eigenvalue weighted by Gasteiger charge is -2.25. The number of thiazole rings is 1. The van der Waals surface area contributed by atoms with Crippen molar-refractivity contribution in [3.8, 4) is 0 Å². The maximum atomic E-state index is 13.1. The first kappa shape index (κ1) is 16.1. The fourth-order valence-electron chi connectivity index (χ4n) is 2.99. The highest BCUT2D eigenvalue weighted by molar-refractivity contribution is 7.93. The molecular formula is C16H18N2O3S2. The number of aromatic nitrogens is 1. The van der Waals surface area contributed by atoms with Crippen LogP contribution in [0.3, 0.4) is 0 Å². The van der Waals surface area contributed by atoms with Gasteiger partial charge in [0.2, 0.25) is 0 Å². The van der Waals surface area contributed by atoms with Crippen LogP contribution in [-0.2, 0) is 21.7 Å². The minimum absolute atomic E-state index is 0.195. The summed E-state index contributed by atoms with van der Waals surface area (Å²) < 4.78 is 26.6. The fourth-order valence-corrected chi connectivity index (χ4v) is 5.79. The van der Waals surface area contributed by atoms with Crippen molar-refractivity contribution >= 4 is 27.1 Å². The van der Waals surface area contributed by atoms with Crippen LogP contribution in [-0.4, -0.2) is 23.6 Å². The lowest BCUT2D eigenvalue weighted by Crippen LogP contribution is -2.44. The van der Waals surface area contributed by atoms with Crippen molar-refractivity contribution in [1.82, 2.24) is 4.57 Å². The molecule has 1 aromatic heterocycles. The second kappa shape index (κ2) is 6.05. The van der Waals surface area contributed by atoms with E-state index in [1.807, 2.05) is 5.38 Å². The van der Waals surface area contributed by atoms with Crippen LogP contribution in [0.2, 0.25) is 0 Å². The van der Waals surface area contributed by atoms with Gasteiger partial charge in [0.25, 0.3) is 5.91 Å². The van der Waals surface area contributed by atoms with Gasteiger partial charge in [-0.15, -0.1) is 11.3 Å². The van der Waals surface area contributed by atoms with Crippen LogP contribution in [0.1, 0.15) is 25.7 Å². The Morgan fingerprint density at radius 2 is 1.87 bits per heavy atom. The summed E-state index contributed by atoms with van der Waals surface area (Å²) >= 11 is 1.32. The molecule has 2 aromatic rings. The van der Waals surface area contributed by atoms with Crippen molar-refractivity contribution in [2.75, 3.05) is 0 Å². The maximum absolute atomic E-state index is 13.1. The van der Waals surface area contributed by atoms with E-state index in [-0.39, 0.29) is 4.90 Å². The average Bonchev–Trinajstić information content (AvgIpc) is 3.19. The molecule has 0 atom stereocenters. The highest BCUT2D eigenvalue weighted by Gasteiger charge is 2.53. The van der Waals surface area contributed by atoms with Gasteiger partial charge in [-0.3, -0.25) is 4.79 Å². The van der Waals surface area contributed by atoms with Gasteiger partial charge in [0.15, 0.2) is 19.4 Å². The number of carbonyl (C=O) groups is 1. The molecule has 0 aliphatic heterocycles. The molecule has 1 heterocycles. The molecule has 1 fully saturated rings. The van der Waals surface area contributed by atoms with E-state index in [0.717, 1.165) is 12.8 Å². The molecule has 1 amide bonds. The number of sulfone groups is 1. The molecule has 0 unspecified atom stereocenters. The Hall–Kier alpha value is -1.73. The van der Waals surface area contributed by atoms with Gasteiger partial charge in [0.05, 0.1) is 4.90 Å². The Bertz CT molecular complexity index is 873. The van der Waals surface area contributed by atoms with E-state index in [0.29, 0.717) is 17.6 Å². The van der Waals surface area contributed by atoms with Crippen LogP contribution in [0, 0.1) is 0 Å². The monoisotopic (exact) mass is 350 g/mol. The normalized spacial score (nSPS) is 18.2. The molecule has 1 aromatic carbocycles. The molecule has 3 rings (SSSR count). The van der Waals surface area contributed by atoms with Crippen LogP contribution < -0.4 is 4.80 Å². The Labute approximate surface area is 139 Å². The lowest BCUT2D eigenvalue weighted by atomic mass is 10.1. The third kappa shape index (κ3) is 2.68. The number of rotatable bonds is 3. The first-order valence-corrected chi connectivity index (χ1v) is 9.83. The predicted octanol–water partition coefficient (Wildman–Crippen LogP) is 2.30. The van der Waals surface area contributed by atoms with Gasteiger partial charge in [0, 0.05) is 18.6 Å². The van der Waals surface area contributed by atoms with E-state index in [4.69, 9.17) is 0 Å². The first-order chi connectivity index (χ1) is 11.0. The van der Waals surface area contributed by atoms with Crippen LogP contribution in [0.4, 0.5) is 0 Å². The molecule has 1 aliphatic rings. The standard InChI is InChI=1S/C16H18N2O3S2/c1-18-11-12-22-15(18)17-14(19)16(9-5-6-10-16)23(20,21)13-7-3-2-4-8-13/h2-4,7-8,11-12H,5-6,9-10H2,1H3. The molecule has 1 aliphatic carbocycles. The van der Waals surface area contributed by atoms with Gasteiger partial charge >= 0.3 is 0 Å². The predicted molar refractivity (Wildman–Crippen MR) is 88.7 cm³/mol. The van der Waals surface area contributed by atoms with Crippen LogP contribution >= 0.6 is 11.3 Å². The van der Waals surface area contributed by atoms with E-state index >= 15 is 0 Å². The van der Waals surface area contributed by atoms with Crippen LogP contribution in [0.15, 0.2) is 51.8 Å². The Kier molecular flexibility index (Phi) is 4.25. The minimum atomic E-state index is -3.76. The highest BCUT2D eigenvalue weighted by atomic mass is 32.2. The van der Waals surface area contributed by atoms with Gasteiger partial charge in [0.1, 0.15) is 0 Å². The first-order valence-electron chi connectivity index (χ1n) is 7.46. The SMILES string of the molecule is Cn1ccsc1=NC(=O)C1(S(=O)(=O)c2ccccc2)CCCC1. The number of carbonyl (C=O) groups excluding carboxylic acids is 1. The fraction of sp³-hybridized carbons (Fsp3) is 0.375. The van der Waals surface area contributed by atoms with Gasteiger partial charge in [-0.05, 0) is 25.0 Å². The average molecular weight is 350 g/mol. The van der Waals surface area contributed by atoms with Crippen molar-refractivity contribution in [2.24, 2.45) is 12.0 Å². The molecule has 0 radical (unpaired) electrons. The van der Waals surface area contributed by atoms with E-state index in [1.165, 1.54) is 11.3 Å². The van der Waals surface area contributed by atoms with Crippen LogP contribution in [0.25, 0.3) is 0 Å². The van der Waals surface area contributed by atoms with Crippen molar-refractivity contribution < 1.29 is 13.2 Å². The minimum Gasteiger partial charge on any atom is -0.327 e. The molecule has 1 saturated carbocycles. The van der Waals surface area contributed by atoms with E-state index in [2.05, 4.69) is 4.99 Å². The largest absolute Gasteiger partial charge is 0.327 e. The highest BCUT2D eigenvalue weighted by Crippen LogP contribution is 2.41. The summed E-state index contributed by atoms with van der Waals surface area (Å²) in [5.41, 5.74) is 0. The van der Waals surface area contributed by atoms with Gasteiger partial charge in [-0.25, -0.2) is 8.42 Å². The second-order valence-electron chi connectivity index (χ2n) is 5.73. The summed E-state index contributed by atoms with van der Waals surface area (Å²) in [6, 6.07) is 8.21. The summed E-state index contributed by atoms with van der Waals surface area (Å²) in [4.78, 5) is 17.7. The summed E-state index contributed by atoms with van der Waals surface area (Å²) in [5.74, 6) is -0.545. The molecule has 7 heteroatoms. The number of hydrogen-bond donors (Lipinski definition) is 0. The van der Waals surface area contributed by atoms with Crippen molar-refractivity contribution in [3.63, 3.8) is 0 Å². The van der Waals surface area contributed by atoms with E-state index in [1.54, 1.807) is 48.1 Å². The molecule has 0 N–H and O–H groups in total. The number of hydrogen-bond acceptors (Lipinski definition) is 4. The van der Waals surface area contributed by atoms with Crippen molar-refractivity contribution in [2.45, 2.75) is 35.3 Å². The Balaban J connectivity index is 2.11. The zero-order chi connectivity index (χ0) is 16.5. The summed E-state index contributed by atoms with van der Waals surface area (Å²) in [5, 5.41) is 1.82. The second-order valence-corrected chi connectivity index (χ2v) is 8.86. The van der Waals surface area contributed by atoms with Crippen molar-refractivity contribution in [1.29, 1.82) is 0 Å². The molecule has 0 bridgehead atoms. The topological polar surface area (TPSA) is 68.5 Å². The summed E-state index contributed by atoms with van der Waals surface area (Å²) in [6.07, 6.45) is 3.92. The number of benzene rings is 1. The molecule has 122 valence electrons. The summed E-state index contributed by atoms with van der Waals surface area (Å²) in [6.45, 7) is 0. The number of aryl methyl sites for hydroxylation is 1. The lowest BCUT2D eigenvalue weighted by molar-refractivity contribution is -0.120. The van der Waals surface area contributed by atoms with Crippen molar-refractivity contribution in [3.05, 3.63) is 46.7 Å². The molecular weight excluding hydrogens is 332 g/mol. The Morgan fingerprint density at radius 3 is 2.43 bits per heavy atom. The van der Waals surface area contributed by atoms with Crippen LogP contribution in [0.5, 0.6) is 0 Å². The molecule has 0 saturated heterocycles. The smallest absolute Gasteiger partial charge is 0.270 e. The zero-order valence-corrected chi connectivity index (χ0v) is 14.4. The Morgan fingerprint density at radius 1 is 1.22 bits per heavy atom.